The first kappa shape index (κ1) is 22.7. The SMILES string of the molecule is CCC(=O)N1CCC(NC(=NC)NCCc2c(C)cc(C)cc2C)C1.I. The Morgan fingerprint density at radius 3 is 2.50 bits per heavy atom. The zero-order valence-corrected chi connectivity index (χ0v) is 19.0. The fourth-order valence-corrected chi connectivity index (χ4v) is 3.63. The number of hydrogen-bond acceptors (Lipinski definition) is 2. The summed E-state index contributed by atoms with van der Waals surface area (Å²) in [6.45, 7) is 10.9. The molecule has 0 aliphatic carbocycles. The number of carbonyl (C=O) groups excluding carboxylic acids is 1. The minimum absolute atomic E-state index is 0. The number of benzene rings is 1. The van der Waals surface area contributed by atoms with Crippen molar-refractivity contribution in [2.45, 2.75) is 53.0 Å². The predicted molar refractivity (Wildman–Crippen MR) is 120 cm³/mol. The number of amides is 1. The molecule has 1 heterocycles. The van der Waals surface area contributed by atoms with Crippen LogP contribution in [0.3, 0.4) is 0 Å². The van der Waals surface area contributed by atoms with Crippen molar-refractivity contribution < 1.29 is 4.79 Å². The van der Waals surface area contributed by atoms with Gasteiger partial charge in [-0.05, 0) is 50.3 Å². The second kappa shape index (κ2) is 10.7. The van der Waals surface area contributed by atoms with E-state index in [2.05, 4.69) is 48.5 Å². The molecule has 1 aliphatic rings. The molecule has 6 heteroatoms. The highest BCUT2D eigenvalue weighted by Crippen LogP contribution is 2.16. The Balaban J connectivity index is 0.00000338. The van der Waals surface area contributed by atoms with E-state index in [9.17, 15) is 4.79 Å². The van der Waals surface area contributed by atoms with Gasteiger partial charge in [-0.3, -0.25) is 9.79 Å². The maximum absolute atomic E-state index is 11.8. The molecular formula is C20H33IN4O. The number of aliphatic imine (C=N–C) groups is 1. The maximum Gasteiger partial charge on any atom is 0.222 e. The Bertz CT molecular complexity index is 622. The molecule has 2 rings (SSSR count). The molecule has 0 radical (unpaired) electrons. The second-order valence-electron chi connectivity index (χ2n) is 6.95. The Morgan fingerprint density at radius 1 is 1.27 bits per heavy atom. The van der Waals surface area contributed by atoms with Gasteiger partial charge in [0.2, 0.25) is 5.91 Å². The molecule has 2 N–H and O–H groups in total. The van der Waals surface area contributed by atoms with Gasteiger partial charge in [-0.1, -0.05) is 24.6 Å². The molecule has 5 nitrogen and oxygen atoms in total. The minimum Gasteiger partial charge on any atom is -0.356 e. The van der Waals surface area contributed by atoms with Crippen LogP contribution in [0.1, 0.15) is 42.0 Å². The quantitative estimate of drug-likeness (QED) is 0.394. The van der Waals surface area contributed by atoms with E-state index in [1.54, 1.807) is 7.05 Å². The zero-order chi connectivity index (χ0) is 18.4. The van der Waals surface area contributed by atoms with E-state index in [-0.39, 0.29) is 35.9 Å². The first-order valence-corrected chi connectivity index (χ1v) is 9.26. The summed E-state index contributed by atoms with van der Waals surface area (Å²) < 4.78 is 0. The molecule has 1 unspecified atom stereocenters. The van der Waals surface area contributed by atoms with E-state index in [0.717, 1.165) is 38.4 Å². The largest absolute Gasteiger partial charge is 0.356 e. The molecule has 146 valence electrons. The number of likely N-dealkylation sites (tertiary alicyclic amines) is 1. The number of guanidine groups is 1. The summed E-state index contributed by atoms with van der Waals surface area (Å²) in [5.41, 5.74) is 5.43. The lowest BCUT2D eigenvalue weighted by atomic mass is 9.97. The molecule has 1 aromatic carbocycles. The highest BCUT2D eigenvalue weighted by Gasteiger charge is 2.25. The van der Waals surface area contributed by atoms with Crippen LogP contribution in [0.4, 0.5) is 0 Å². The smallest absolute Gasteiger partial charge is 0.222 e. The normalized spacial score (nSPS) is 17.0. The van der Waals surface area contributed by atoms with Crippen molar-refractivity contribution in [1.29, 1.82) is 0 Å². The van der Waals surface area contributed by atoms with E-state index < -0.39 is 0 Å². The van der Waals surface area contributed by atoms with Crippen molar-refractivity contribution in [3.63, 3.8) is 0 Å². The summed E-state index contributed by atoms with van der Waals surface area (Å²) in [7, 11) is 1.79. The average molecular weight is 472 g/mol. The Hall–Kier alpha value is -1.31. The van der Waals surface area contributed by atoms with Gasteiger partial charge in [0.15, 0.2) is 5.96 Å². The number of rotatable bonds is 5. The number of carbonyl (C=O) groups is 1. The summed E-state index contributed by atoms with van der Waals surface area (Å²) in [5.74, 6) is 1.05. The van der Waals surface area contributed by atoms with E-state index in [4.69, 9.17) is 0 Å². The predicted octanol–water partition coefficient (Wildman–Crippen LogP) is 2.95. The van der Waals surface area contributed by atoms with E-state index in [0.29, 0.717) is 6.42 Å². The molecule has 26 heavy (non-hydrogen) atoms. The van der Waals surface area contributed by atoms with Crippen molar-refractivity contribution >= 4 is 35.8 Å². The van der Waals surface area contributed by atoms with E-state index in [1.807, 2.05) is 11.8 Å². The summed E-state index contributed by atoms with van der Waals surface area (Å²) in [4.78, 5) is 18.0. The topological polar surface area (TPSA) is 56.7 Å². The first-order valence-electron chi connectivity index (χ1n) is 9.26. The van der Waals surface area contributed by atoms with Crippen molar-refractivity contribution in [3.8, 4) is 0 Å². The lowest BCUT2D eigenvalue weighted by Gasteiger charge is -2.19. The zero-order valence-electron chi connectivity index (χ0n) is 16.7. The van der Waals surface area contributed by atoms with Gasteiger partial charge in [0, 0.05) is 39.1 Å². The number of halogens is 1. The number of nitrogens with one attached hydrogen (secondary N) is 2. The van der Waals surface area contributed by atoms with Gasteiger partial charge in [-0.2, -0.15) is 0 Å². The lowest BCUT2D eigenvalue weighted by Crippen LogP contribution is -2.45. The number of nitrogens with zero attached hydrogens (tertiary/aromatic N) is 2. The van der Waals surface area contributed by atoms with Crippen molar-refractivity contribution in [2.24, 2.45) is 4.99 Å². The number of aryl methyl sites for hydroxylation is 3. The molecule has 0 bridgehead atoms. The molecular weight excluding hydrogens is 439 g/mol. The van der Waals surface area contributed by atoms with Crippen LogP contribution in [-0.2, 0) is 11.2 Å². The fourth-order valence-electron chi connectivity index (χ4n) is 3.63. The molecule has 1 aliphatic heterocycles. The third kappa shape index (κ3) is 6.14. The molecule has 1 amide bonds. The van der Waals surface area contributed by atoms with Crippen molar-refractivity contribution in [1.82, 2.24) is 15.5 Å². The van der Waals surface area contributed by atoms with Crippen LogP contribution >= 0.6 is 24.0 Å². The van der Waals surface area contributed by atoms with Gasteiger partial charge in [0.1, 0.15) is 0 Å². The molecule has 1 fully saturated rings. The summed E-state index contributed by atoms with van der Waals surface area (Å²) >= 11 is 0. The van der Waals surface area contributed by atoms with Gasteiger partial charge >= 0.3 is 0 Å². The third-order valence-electron chi connectivity index (χ3n) is 4.92. The molecule has 0 aromatic heterocycles. The first-order chi connectivity index (χ1) is 11.9. The van der Waals surface area contributed by atoms with Gasteiger partial charge < -0.3 is 15.5 Å². The Kier molecular flexibility index (Phi) is 9.39. The summed E-state index contributed by atoms with van der Waals surface area (Å²) in [5, 5.41) is 6.85. The summed E-state index contributed by atoms with van der Waals surface area (Å²) in [6, 6.07) is 4.77. The van der Waals surface area contributed by atoms with Gasteiger partial charge in [-0.25, -0.2) is 0 Å². The van der Waals surface area contributed by atoms with Crippen molar-refractivity contribution in [3.05, 3.63) is 34.4 Å². The van der Waals surface area contributed by atoms with Gasteiger partial charge in [0.25, 0.3) is 0 Å². The van der Waals surface area contributed by atoms with E-state index >= 15 is 0 Å². The maximum atomic E-state index is 11.8. The highest BCUT2D eigenvalue weighted by molar-refractivity contribution is 14.0. The Labute approximate surface area is 175 Å². The van der Waals surface area contributed by atoms with E-state index in [1.165, 1.54) is 22.3 Å². The van der Waals surface area contributed by atoms with Crippen LogP contribution in [0.2, 0.25) is 0 Å². The molecule has 1 atom stereocenters. The third-order valence-corrected chi connectivity index (χ3v) is 4.92. The van der Waals surface area contributed by atoms with Gasteiger partial charge in [-0.15, -0.1) is 24.0 Å². The van der Waals surface area contributed by atoms with Crippen LogP contribution in [0.15, 0.2) is 17.1 Å². The standard InChI is InChI=1S/C20H32N4O.HI/c1-6-19(25)24-10-8-17(13-24)23-20(21-5)22-9-7-18-15(3)11-14(2)12-16(18)4;/h11-12,17H,6-10,13H2,1-5H3,(H2,21,22,23);1H. The molecule has 0 spiro atoms. The lowest BCUT2D eigenvalue weighted by molar-refractivity contribution is -0.129. The molecule has 1 aromatic rings. The Morgan fingerprint density at radius 2 is 1.92 bits per heavy atom. The van der Waals surface area contributed by atoms with Crippen LogP contribution in [0.5, 0.6) is 0 Å². The fraction of sp³-hybridized carbons (Fsp3) is 0.600. The van der Waals surface area contributed by atoms with Gasteiger partial charge in [0.05, 0.1) is 0 Å². The summed E-state index contributed by atoms with van der Waals surface area (Å²) in [6.07, 6.45) is 2.53. The van der Waals surface area contributed by atoms with Crippen LogP contribution in [0, 0.1) is 20.8 Å². The van der Waals surface area contributed by atoms with Crippen molar-refractivity contribution in [2.75, 3.05) is 26.7 Å². The average Bonchev–Trinajstić information content (AvgIpc) is 3.03. The van der Waals surface area contributed by atoms with Crippen LogP contribution in [0.25, 0.3) is 0 Å². The van der Waals surface area contributed by atoms with Crippen LogP contribution in [-0.4, -0.2) is 49.5 Å². The second-order valence-corrected chi connectivity index (χ2v) is 6.95. The van der Waals surface area contributed by atoms with Crippen LogP contribution < -0.4 is 10.6 Å². The number of hydrogen-bond donors (Lipinski definition) is 2. The monoisotopic (exact) mass is 472 g/mol. The molecule has 1 saturated heterocycles. The highest BCUT2D eigenvalue weighted by atomic mass is 127. The minimum atomic E-state index is 0. The molecule has 0 saturated carbocycles.